The summed E-state index contributed by atoms with van der Waals surface area (Å²) in [4.78, 5) is 18.2. The zero-order valence-electron chi connectivity index (χ0n) is 11.3. The number of fused-ring (bicyclic) bond motifs is 1. The van der Waals surface area contributed by atoms with E-state index in [0.29, 0.717) is 23.9 Å². The average molecular weight is 298 g/mol. The van der Waals surface area contributed by atoms with Crippen molar-refractivity contribution in [2.24, 2.45) is 0 Å². The summed E-state index contributed by atoms with van der Waals surface area (Å²) in [5, 5.41) is 6.42. The van der Waals surface area contributed by atoms with E-state index in [4.69, 9.17) is 16.3 Å². The number of rotatable bonds is 2. The number of aromatic amines is 1. The number of hydrogen-bond acceptors (Lipinski definition) is 5. The van der Waals surface area contributed by atoms with Crippen molar-refractivity contribution in [3.8, 4) is 0 Å². The molecule has 1 saturated heterocycles. The molecule has 1 aliphatic rings. The van der Waals surface area contributed by atoms with Gasteiger partial charge < -0.3 is 9.64 Å². The highest BCUT2D eigenvalue weighted by molar-refractivity contribution is 6.18. The minimum atomic E-state index is -0.273. The summed E-state index contributed by atoms with van der Waals surface area (Å²) in [6.45, 7) is 5.22. The van der Waals surface area contributed by atoms with Crippen molar-refractivity contribution in [1.82, 2.24) is 19.6 Å². The largest absolute Gasteiger partial charge is 0.370 e. The van der Waals surface area contributed by atoms with Gasteiger partial charge >= 0.3 is 5.69 Å². The molecule has 8 heteroatoms. The number of nitrogens with one attached hydrogen (secondary N) is 1. The first-order valence-electron chi connectivity index (χ1n) is 6.49. The molecule has 0 bridgehead atoms. The Bertz CT molecular complexity index is 682. The molecule has 108 valence electrons. The molecule has 0 radical (unpaired) electrons. The number of alkyl halides is 1. The number of H-pyrrole nitrogens is 1. The van der Waals surface area contributed by atoms with Crippen molar-refractivity contribution in [3.05, 3.63) is 22.4 Å². The fourth-order valence-electron chi connectivity index (χ4n) is 2.56. The summed E-state index contributed by atoms with van der Waals surface area (Å²) < 4.78 is 7.18. The van der Waals surface area contributed by atoms with Gasteiger partial charge in [0.05, 0.1) is 18.1 Å². The van der Waals surface area contributed by atoms with Gasteiger partial charge in [0.15, 0.2) is 5.65 Å². The van der Waals surface area contributed by atoms with Crippen LogP contribution in [0.25, 0.3) is 5.65 Å². The molecule has 0 spiro atoms. The Morgan fingerprint density at radius 3 is 3.10 bits per heavy atom. The molecule has 3 rings (SSSR count). The second-order valence-corrected chi connectivity index (χ2v) is 5.32. The van der Waals surface area contributed by atoms with Crippen LogP contribution < -0.4 is 10.6 Å². The average Bonchev–Trinajstić information content (AvgIpc) is 2.80. The Morgan fingerprint density at radius 1 is 1.55 bits per heavy atom. The molecule has 1 fully saturated rings. The first kappa shape index (κ1) is 13.4. The van der Waals surface area contributed by atoms with Crippen molar-refractivity contribution in [1.29, 1.82) is 0 Å². The number of ether oxygens (including phenoxy) is 1. The fourth-order valence-corrected chi connectivity index (χ4v) is 2.73. The van der Waals surface area contributed by atoms with Gasteiger partial charge in [0.2, 0.25) is 0 Å². The van der Waals surface area contributed by atoms with Crippen LogP contribution in [0.1, 0.15) is 12.7 Å². The highest BCUT2D eigenvalue weighted by Crippen LogP contribution is 2.20. The Kier molecular flexibility index (Phi) is 3.39. The minimum absolute atomic E-state index is 0.0138. The van der Waals surface area contributed by atoms with E-state index in [1.165, 1.54) is 4.40 Å². The van der Waals surface area contributed by atoms with E-state index >= 15 is 0 Å². The number of halogens is 1. The van der Waals surface area contributed by atoms with Crippen molar-refractivity contribution in [3.63, 3.8) is 0 Å². The summed E-state index contributed by atoms with van der Waals surface area (Å²) in [5.41, 5.74) is 0.296. The highest BCUT2D eigenvalue weighted by Gasteiger charge is 2.26. The Labute approximate surface area is 120 Å². The molecule has 2 unspecified atom stereocenters. The molecule has 1 aliphatic heterocycles. The predicted octanol–water partition coefficient (Wildman–Crippen LogP) is 0.559. The van der Waals surface area contributed by atoms with Crippen LogP contribution in [-0.4, -0.2) is 50.8 Å². The molecule has 3 heterocycles. The van der Waals surface area contributed by atoms with E-state index < -0.39 is 0 Å². The minimum Gasteiger partial charge on any atom is -0.370 e. The van der Waals surface area contributed by atoms with Gasteiger partial charge in [0.1, 0.15) is 11.6 Å². The molecule has 1 N–H and O–H groups in total. The van der Waals surface area contributed by atoms with Gasteiger partial charge in [0.25, 0.3) is 0 Å². The Hall–Kier alpha value is -1.60. The molecule has 2 aromatic rings. The van der Waals surface area contributed by atoms with Crippen molar-refractivity contribution < 1.29 is 4.74 Å². The van der Waals surface area contributed by atoms with Crippen LogP contribution in [0.4, 0.5) is 5.82 Å². The van der Waals surface area contributed by atoms with Crippen LogP contribution in [0.15, 0.2) is 10.9 Å². The number of morpholine rings is 1. The van der Waals surface area contributed by atoms with E-state index in [1.54, 1.807) is 13.0 Å². The number of aryl methyl sites for hydroxylation is 1. The maximum atomic E-state index is 11.6. The zero-order chi connectivity index (χ0) is 14.3. The number of hydrogen-bond donors (Lipinski definition) is 1. The summed E-state index contributed by atoms with van der Waals surface area (Å²) >= 11 is 5.89. The molecule has 0 saturated carbocycles. The van der Waals surface area contributed by atoms with Crippen molar-refractivity contribution in [2.75, 3.05) is 23.9 Å². The van der Waals surface area contributed by atoms with E-state index in [2.05, 4.69) is 20.1 Å². The van der Waals surface area contributed by atoms with Crippen LogP contribution in [-0.2, 0) is 4.74 Å². The maximum Gasteiger partial charge on any atom is 0.349 e. The Morgan fingerprint density at radius 2 is 2.35 bits per heavy atom. The zero-order valence-corrected chi connectivity index (χ0v) is 12.1. The summed E-state index contributed by atoms with van der Waals surface area (Å²) in [5.74, 6) is 1.85. The lowest BCUT2D eigenvalue weighted by Gasteiger charge is -2.36. The SMILES string of the molecule is Cc1nc(N2CC(C)OC(CCl)C2)cc2n[nH]c(=O)n12. The topological polar surface area (TPSA) is 75.5 Å². The number of anilines is 1. The molecule has 0 aromatic carbocycles. The third kappa shape index (κ3) is 2.27. The monoisotopic (exact) mass is 297 g/mol. The molecule has 20 heavy (non-hydrogen) atoms. The molecule has 0 amide bonds. The standard InChI is InChI=1S/C12H16ClN5O2/c1-7-5-17(6-9(4-13)20-7)10-3-11-15-16-12(19)18(11)8(2)14-10/h3,7,9H,4-6H2,1-2H3,(H,16,19). The van der Waals surface area contributed by atoms with Crippen LogP contribution in [0.2, 0.25) is 0 Å². The molecule has 0 aliphatic carbocycles. The van der Waals surface area contributed by atoms with Crippen LogP contribution in [0.5, 0.6) is 0 Å². The van der Waals surface area contributed by atoms with Crippen LogP contribution in [0.3, 0.4) is 0 Å². The van der Waals surface area contributed by atoms with Gasteiger partial charge in [-0.25, -0.2) is 19.3 Å². The first-order valence-corrected chi connectivity index (χ1v) is 7.03. The van der Waals surface area contributed by atoms with Crippen molar-refractivity contribution >= 4 is 23.1 Å². The van der Waals surface area contributed by atoms with Gasteiger partial charge in [-0.3, -0.25) is 0 Å². The third-order valence-corrected chi connectivity index (χ3v) is 3.72. The highest BCUT2D eigenvalue weighted by atomic mass is 35.5. The Balaban J connectivity index is 1.99. The lowest BCUT2D eigenvalue weighted by atomic mass is 10.2. The number of aromatic nitrogens is 4. The second-order valence-electron chi connectivity index (χ2n) is 5.01. The second kappa shape index (κ2) is 5.06. The van der Waals surface area contributed by atoms with Crippen molar-refractivity contribution in [2.45, 2.75) is 26.1 Å². The quantitative estimate of drug-likeness (QED) is 0.820. The molecular weight excluding hydrogens is 282 g/mol. The number of nitrogens with zero attached hydrogens (tertiary/aromatic N) is 4. The fraction of sp³-hybridized carbons (Fsp3) is 0.583. The molecule has 2 atom stereocenters. The van der Waals surface area contributed by atoms with Gasteiger partial charge in [0, 0.05) is 19.2 Å². The smallest absolute Gasteiger partial charge is 0.349 e. The predicted molar refractivity (Wildman–Crippen MR) is 75.6 cm³/mol. The lowest BCUT2D eigenvalue weighted by molar-refractivity contribution is -0.00358. The molecular formula is C12H16ClN5O2. The van der Waals surface area contributed by atoms with E-state index in [0.717, 1.165) is 12.4 Å². The first-order chi connectivity index (χ1) is 9.58. The summed E-state index contributed by atoms with van der Waals surface area (Å²) in [6.07, 6.45) is 0.0762. The van der Waals surface area contributed by atoms with Gasteiger partial charge in [-0.05, 0) is 13.8 Å². The van der Waals surface area contributed by atoms with Crippen LogP contribution in [0, 0.1) is 6.92 Å². The maximum absolute atomic E-state index is 11.6. The van der Waals surface area contributed by atoms with Gasteiger partial charge in [-0.2, -0.15) is 5.10 Å². The molecule has 7 nitrogen and oxygen atoms in total. The van der Waals surface area contributed by atoms with Crippen LogP contribution >= 0.6 is 11.6 Å². The van der Waals surface area contributed by atoms with E-state index in [9.17, 15) is 4.79 Å². The van der Waals surface area contributed by atoms with E-state index in [-0.39, 0.29) is 17.9 Å². The summed E-state index contributed by atoms with van der Waals surface area (Å²) in [7, 11) is 0. The van der Waals surface area contributed by atoms with Gasteiger partial charge in [-0.15, -0.1) is 11.6 Å². The van der Waals surface area contributed by atoms with Gasteiger partial charge in [-0.1, -0.05) is 0 Å². The lowest BCUT2D eigenvalue weighted by Crippen LogP contribution is -2.47. The third-order valence-electron chi connectivity index (χ3n) is 3.38. The normalized spacial score (nSPS) is 23.4. The molecule has 2 aromatic heterocycles. The summed E-state index contributed by atoms with van der Waals surface area (Å²) in [6, 6.07) is 1.80. The van der Waals surface area contributed by atoms with E-state index in [1.807, 2.05) is 6.92 Å².